The van der Waals surface area contributed by atoms with Gasteiger partial charge in [0.05, 0.1) is 5.52 Å². The van der Waals surface area contributed by atoms with Gasteiger partial charge >= 0.3 is 5.76 Å². The van der Waals surface area contributed by atoms with Gasteiger partial charge in [-0.25, -0.2) is 13.6 Å². The van der Waals surface area contributed by atoms with Crippen LogP contribution in [0.25, 0.3) is 11.1 Å². The molecule has 3 aromatic rings. The Labute approximate surface area is 133 Å². The summed E-state index contributed by atoms with van der Waals surface area (Å²) in [5.41, 5.74) is 0.737. The number of halogens is 3. The molecule has 1 N–H and O–H groups in total. The van der Waals surface area contributed by atoms with E-state index in [1.54, 1.807) is 12.1 Å². The lowest BCUT2D eigenvalue weighted by Gasteiger charge is -2.06. The predicted octanol–water partition coefficient (Wildman–Crippen LogP) is 3.16. The quantitative estimate of drug-likeness (QED) is 0.797. The fourth-order valence-electron chi connectivity index (χ4n) is 2.11. The van der Waals surface area contributed by atoms with Gasteiger partial charge in [0.25, 0.3) is 0 Å². The van der Waals surface area contributed by atoms with Gasteiger partial charge in [-0.15, -0.1) is 0 Å². The molecule has 1 amide bonds. The Morgan fingerprint density at radius 3 is 2.70 bits per heavy atom. The zero-order valence-electron chi connectivity index (χ0n) is 11.5. The average molecular weight is 339 g/mol. The summed E-state index contributed by atoms with van der Waals surface area (Å²) in [5.74, 6) is -3.40. The second-order valence-corrected chi connectivity index (χ2v) is 5.18. The molecule has 0 bridgehead atoms. The molecule has 0 unspecified atom stereocenters. The summed E-state index contributed by atoms with van der Waals surface area (Å²) in [4.78, 5) is 23.8. The van der Waals surface area contributed by atoms with E-state index < -0.39 is 23.3 Å². The van der Waals surface area contributed by atoms with Crippen LogP contribution in [0.2, 0.25) is 5.02 Å². The number of nitrogens with one attached hydrogen (secondary N) is 1. The maximum Gasteiger partial charge on any atom is 0.420 e. The molecule has 0 aliphatic heterocycles. The van der Waals surface area contributed by atoms with Crippen LogP contribution in [0.3, 0.4) is 0 Å². The van der Waals surface area contributed by atoms with E-state index in [0.29, 0.717) is 10.5 Å². The van der Waals surface area contributed by atoms with Crippen LogP contribution < -0.4 is 11.1 Å². The average Bonchev–Trinajstić information content (AvgIpc) is 2.78. The number of amides is 1. The van der Waals surface area contributed by atoms with Gasteiger partial charge < -0.3 is 9.73 Å². The van der Waals surface area contributed by atoms with Crippen LogP contribution in [0.15, 0.2) is 45.6 Å². The molecule has 0 saturated carbocycles. The number of carbonyl (C=O) groups excluding carboxylic acids is 1. The molecule has 23 heavy (non-hydrogen) atoms. The van der Waals surface area contributed by atoms with E-state index in [0.717, 1.165) is 16.7 Å². The van der Waals surface area contributed by atoms with Crippen molar-refractivity contribution in [1.29, 1.82) is 0 Å². The highest BCUT2D eigenvalue weighted by Gasteiger charge is 2.13. The van der Waals surface area contributed by atoms with E-state index in [2.05, 4.69) is 5.32 Å². The molecule has 1 aromatic heterocycles. The van der Waals surface area contributed by atoms with Crippen molar-refractivity contribution in [3.05, 3.63) is 63.6 Å². The molecule has 0 fully saturated rings. The van der Waals surface area contributed by atoms with Crippen molar-refractivity contribution in [3.63, 3.8) is 0 Å². The lowest BCUT2D eigenvalue weighted by atomic mass is 10.3. The maximum atomic E-state index is 13.1. The van der Waals surface area contributed by atoms with Crippen LogP contribution in [0.1, 0.15) is 0 Å². The molecule has 5 nitrogen and oxygen atoms in total. The number of benzene rings is 2. The van der Waals surface area contributed by atoms with Crippen LogP contribution in [0, 0.1) is 11.6 Å². The summed E-state index contributed by atoms with van der Waals surface area (Å²) in [5, 5.41) is 2.77. The van der Waals surface area contributed by atoms with Gasteiger partial charge in [-0.3, -0.25) is 9.36 Å². The highest BCUT2D eigenvalue weighted by molar-refractivity contribution is 6.31. The van der Waals surface area contributed by atoms with Gasteiger partial charge in [-0.05, 0) is 24.3 Å². The molecule has 0 aliphatic rings. The van der Waals surface area contributed by atoms with Gasteiger partial charge in [0.2, 0.25) is 5.91 Å². The third kappa shape index (κ3) is 3.09. The largest absolute Gasteiger partial charge is 0.420 e. The highest BCUT2D eigenvalue weighted by Crippen LogP contribution is 2.18. The molecular weight excluding hydrogens is 330 g/mol. The van der Waals surface area contributed by atoms with Gasteiger partial charge in [0.1, 0.15) is 6.54 Å². The summed E-state index contributed by atoms with van der Waals surface area (Å²) in [6, 6.07) is 7.53. The van der Waals surface area contributed by atoms with E-state index in [4.69, 9.17) is 16.0 Å². The number of hydrogen-bond acceptors (Lipinski definition) is 3. The van der Waals surface area contributed by atoms with Crippen molar-refractivity contribution in [2.24, 2.45) is 0 Å². The summed E-state index contributed by atoms with van der Waals surface area (Å²) in [6.07, 6.45) is 0. The van der Waals surface area contributed by atoms with Crippen LogP contribution in [0.4, 0.5) is 14.5 Å². The zero-order chi connectivity index (χ0) is 16.6. The Morgan fingerprint density at radius 2 is 1.96 bits per heavy atom. The molecule has 0 radical (unpaired) electrons. The number of nitrogens with zero attached hydrogens (tertiary/aromatic N) is 1. The van der Waals surface area contributed by atoms with Gasteiger partial charge in [0.15, 0.2) is 17.2 Å². The number of rotatable bonds is 3. The fraction of sp³-hybridized carbons (Fsp3) is 0.0667. The van der Waals surface area contributed by atoms with Crippen LogP contribution in [-0.2, 0) is 11.3 Å². The lowest BCUT2D eigenvalue weighted by Crippen LogP contribution is -2.24. The van der Waals surface area contributed by atoms with Crippen molar-refractivity contribution in [2.75, 3.05) is 5.32 Å². The normalized spacial score (nSPS) is 10.9. The molecule has 8 heteroatoms. The minimum Gasteiger partial charge on any atom is -0.408 e. The third-order valence-electron chi connectivity index (χ3n) is 3.14. The first-order chi connectivity index (χ1) is 10.9. The van der Waals surface area contributed by atoms with Gasteiger partial charge in [-0.1, -0.05) is 11.6 Å². The number of fused-ring (bicyclic) bond motifs is 1. The van der Waals surface area contributed by atoms with Crippen molar-refractivity contribution < 1.29 is 18.0 Å². The molecule has 2 aromatic carbocycles. The third-order valence-corrected chi connectivity index (χ3v) is 3.37. The standard InChI is InChI=1S/C15H9ClF2N2O3/c16-8-1-4-12-13(5-8)23-15(22)20(12)7-14(21)19-9-2-3-10(17)11(18)6-9/h1-6H,7H2,(H,19,21). The summed E-state index contributed by atoms with van der Waals surface area (Å²) < 4.78 is 32.1. The monoisotopic (exact) mass is 338 g/mol. The maximum absolute atomic E-state index is 13.1. The SMILES string of the molecule is O=C(Cn1c(=O)oc2cc(Cl)ccc21)Nc1ccc(F)c(F)c1. The predicted molar refractivity (Wildman–Crippen MR) is 80.5 cm³/mol. The minimum absolute atomic E-state index is 0.0813. The fourth-order valence-corrected chi connectivity index (χ4v) is 2.27. The topological polar surface area (TPSA) is 64.2 Å². The molecule has 0 atom stereocenters. The van der Waals surface area contributed by atoms with E-state index in [-0.39, 0.29) is 17.8 Å². The smallest absolute Gasteiger partial charge is 0.408 e. The summed E-state index contributed by atoms with van der Waals surface area (Å²) in [7, 11) is 0. The summed E-state index contributed by atoms with van der Waals surface area (Å²) >= 11 is 5.80. The van der Waals surface area contributed by atoms with E-state index in [1.165, 1.54) is 12.1 Å². The van der Waals surface area contributed by atoms with Crippen LogP contribution >= 0.6 is 11.6 Å². The van der Waals surface area contributed by atoms with Crippen molar-refractivity contribution in [1.82, 2.24) is 4.57 Å². The number of hydrogen-bond donors (Lipinski definition) is 1. The first-order valence-corrected chi connectivity index (χ1v) is 6.85. The van der Waals surface area contributed by atoms with E-state index >= 15 is 0 Å². The molecular formula is C15H9ClF2N2O3. The minimum atomic E-state index is -1.08. The van der Waals surface area contributed by atoms with Gasteiger partial charge in [-0.2, -0.15) is 0 Å². The van der Waals surface area contributed by atoms with Crippen LogP contribution in [0.5, 0.6) is 0 Å². The first kappa shape index (κ1) is 15.2. The molecule has 0 aliphatic carbocycles. The number of carbonyl (C=O) groups is 1. The first-order valence-electron chi connectivity index (χ1n) is 6.48. The molecule has 118 valence electrons. The number of anilines is 1. The summed E-state index contributed by atoms with van der Waals surface area (Å²) in [6.45, 7) is -0.341. The van der Waals surface area contributed by atoms with Crippen LogP contribution in [-0.4, -0.2) is 10.5 Å². The Bertz CT molecular complexity index is 965. The lowest BCUT2D eigenvalue weighted by molar-refractivity contribution is -0.116. The van der Waals surface area contributed by atoms with Crippen molar-refractivity contribution in [3.8, 4) is 0 Å². The zero-order valence-corrected chi connectivity index (χ0v) is 12.2. The second-order valence-electron chi connectivity index (χ2n) is 4.74. The molecule has 3 rings (SSSR count). The van der Waals surface area contributed by atoms with E-state index in [1.807, 2.05) is 0 Å². The molecule has 0 spiro atoms. The van der Waals surface area contributed by atoms with Crippen molar-refractivity contribution >= 4 is 34.3 Å². The Hall–Kier alpha value is -2.67. The Morgan fingerprint density at radius 1 is 1.17 bits per heavy atom. The highest BCUT2D eigenvalue weighted by atomic mass is 35.5. The molecule has 0 saturated heterocycles. The van der Waals surface area contributed by atoms with Crippen molar-refractivity contribution in [2.45, 2.75) is 6.54 Å². The number of oxazole rings is 1. The van der Waals surface area contributed by atoms with Gasteiger partial charge in [0, 0.05) is 22.8 Å². The number of aromatic nitrogens is 1. The molecule has 1 heterocycles. The Kier molecular flexibility index (Phi) is 3.87. The van der Waals surface area contributed by atoms with E-state index in [9.17, 15) is 18.4 Å². The second kappa shape index (κ2) is 5.85. The Balaban J connectivity index is 1.84.